The highest BCUT2D eigenvalue weighted by atomic mass is 16.1. The zero-order valence-electron chi connectivity index (χ0n) is 16.4. The summed E-state index contributed by atoms with van der Waals surface area (Å²) in [6.07, 6.45) is 4.08. The van der Waals surface area contributed by atoms with E-state index < -0.39 is 0 Å². The number of aryl methyl sites for hydroxylation is 1. The second kappa shape index (κ2) is 5.88. The van der Waals surface area contributed by atoms with Crippen LogP contribution in [0.2, 0.25) is 0 Å². The molecule has 0 fully saturated rings. The maximum absolute atomic E-state index is 12.5. The van der Waals surface area contributed by atoms with Gasteiger partial charge in [0.15, 0.2) is 5.78 Å². The van der Waals surface area contributed by atoms with Gasteiger partial charge in [-0.05, 0) is 69.5 Å². The standard InChI is InChI=1S/C23H30O/c1-14-10-17(12-19(16(14)3)22(4,5)6)18-11-15(2)21(24)20(13-18)23(7,8)9/h10-13H,3H2,1-2,4-9H3/b18-17+. The maximum atomic E-state index is 12.5. The minimum Gasteiger partial charge on any atom is -0.289 e. The van der Waals surface area contributed by atoms with Gasteiger partial charge >= 0.3 is 0 Å². The number of hydrogen-bond donors (Lipinski definition) is 0. The van der Waals surface area contributed by atoms with E-state index >= 15 is 0 Å². The van der Waals surface area contributed by atoms with Crippen molar-refractivity contribution in [3.63, 3.8) is 0 Å². The monoisotopic (exact) mass is 322 g/mol. The van der Waals surface area contributed by atoms with E-state index in [9.17, 15) is 4.79 Å². The molecule has 1 aliphatic rings. The summed E-state index contributed by atoms with van der Waals surface area (Å²) >= 11 is 0. The first-order chi connectivity index (χ1) is 10.8. The number of Topliss-reactive ketones (excluding diaryl/α,β-unsaturated/α-hetero) is 1. The van der Waals surface area contributed by atoms with Crippen LogP contribution in [0.4, 0.5) is 0 Å². The van der Waals surface area contributed by atoms with Crippen LogP contribution < -0.4 is 10.4 Å². The van der Waals surface area contributed by atoms with Crippen molar-refractivity contribution >= 4 is 17.9 Å². The lowest BCUT2D eigenvalue weighted by molar-refractivity contribution is -0.113. The minimum atomic E-state index is -0.161. The molecule has 0 spiro atoms. The Kier molecular flexibility index (Phi) is 4.52. The molecule has 128 valence electrons. The van der Waals surface area contributed by atoms with Crippen LogP contribution in [0.1, 0.15) is 59.6 Å². The average molecular weight is 322 g/mol. The van der Waals surface area contributed by atoms with E-state index in [0.717, 1.165) is 21.9 Å². The first-order valence-electron chi connectivity index (χ1n) is 8.62. The summed E-state index contributed by atoms with van der Waals surface area (Å²) in [5.74, 6) is 0.160. The molecule has 0 saturated heterocycles. The van der Waals surface area contributed by atoms with Crippen molar-refractivity contribution < 1.29 is 4.79 Å². The smallest absolute Gasteiger partial charge is 0.185 e. The van der Waals surface area contributed by atoms with Crippen LogP contribution in [0.3, 0.4) is 0 Å². The number of carbonyl (C=O) groups excluding carboxylic acids is 1. The molecule has 0 aromatic heterocycles. The Hall–Kier alpha value is -1.89. The van der Waals surface area contributed by atoms with Crippen molar-refractivity contribution in [2.45, 2.75) is 60.8 Å². The molecule has 1 heteroatoms. The van der Waals surface area contributed by atoms with Gasteiger partial charge in [0.1, 0.15) is 0 Å². The van der Waals surface area contributed by atoms with Gasteiger partial charge in [0.25, 0.3) is 0 Å². The molecule has 0 aliphatic heterocycles. The second-order valence-electron chi connectivity index (χ2n) is 8.99. The van der Waals surface area contributed by atoms with E-state index in [2.05, 4.69) is 73.3 Å². The molecule has 0 radical (unpaired) electrons. The van der Waals surface area contributed by atoms with Crippen molar-refractivity contribution in [3.05, 3.63) is 57.0 Å². The topological polar surface area (TPSA) is 17.1 Å². The SMILES string of the molecule is C=c1c(C)c/c(=C2/C=C(C)C(=O)C(C(C)(C)C)=C2)cc1C(C)(C)C. The molecule has 0 saturated carbocycles. The van der Waals surface area contributed by atoms with Crippen LogP contribution in [-0.2, 0) is 10.2 Å². The van der Waals surface area contributed by atoms with Gasteiger partial charge in [-0.3, -0.25) is 4.79 Å². The lowest BCUT2D eigenvalue weighted by Crippen LogP contribution is -2.28. The highest BCUT2D eigenvalue weighted by Gasteiger charge is 2.27. The van der Waals surface area contributed by atoms with Gasteiger partial charge in [0.05, 0.1) is 0 Å². The molecular weight excluding hydrogens is 292 g/mol. The fourth-order valence-corrected chi connectivity index (χ4v) is 3.15. The largest absolute Gasteiger partial charge is 0.289 e. The fraction of sp³-hybridized carbons (Fsp3) is 0.435. The lowest BCUT2D eigenvalue weighted by atomic mass is 9.77. The molecule has 0 bridgehead atoms. The van der Waals surface area contributed by atoms with Gasteiger partial charge in [-0.15, -0.1) is 0 Å². The summed E-state index contributed by atoms with van der Waals surface area (Å²) in [6.45, 7) is 21.2. The molecule has 0 atom stereocenters. The first-order valence-corrected chi connectivity index (χ1v) is 8.62. The van der Waals surface area contributed by atoms with Crippen LogP contribution >= 0.6 is 0 Å². The molecule has 0 heterocycles. The summed E-state index contributed by atoms with van der Waals surface area (Å²) in [4.78, 5) is 12.5. The van der Waals surface area contributed by atoms with E-state index in [-0.39, 0.29) is 16.6 Å². The molecule has 0 amide bonds. The molecule has 1 nitrogen and oxygen atoms in total. The Bertz CT molecular complexity index is 862. The normalized spacial score (nSPS) is 18.4. The molecular formula is C23H30O. The Balaban J connectivity index is 2.86. The van der Waals surface area contributed by atoms with E-state index in [4.69, 9.17) is 0 Å². The quantitative estimate of drug-likeness (QED) is 0.694. The number of hydrogen-bond acceptors (Lipinski definition) is 1. The number of ketones is 1. The number of benzene rings is 1. The zero-order valence-corrected chi connectivity index (χ0v) is 16.4. The molecule has 1 aromatic carbocycles. The van der Waals surface area contributed by atoms with E-state index in [0.29, 0.717) is 0 Å². The van der Waals surface area contributed by atoms with Crippen LogP contribution in [0.5, 0.6) is 0 Å². The third-order valence-corrected chi connectivity index (χ3v) is 4.70. The van der Waals surface area contributed by atoms with Crippen LogP contribution in [-0.4, -0.2) is 5.78 Å². The number of rotatable bonds is 0. The van der Waals surface area contributed by atoms with Crippen molar-refractivity contribution in [2.24, 2.45) is 5.41 Å². The van der Waals surface area contributed by atoms with Crippen LogP contribution in [0.25, 0.3) is 12.2 Å². The molecule has 1 aliphatic carbocycles. The van der Waals surface area contributed by atoms with Crippen molar-refractivity contribution in [1.29, 1.82) is 0 Å². The second-order valence-corrected chi connectivity index (χ2v) is 8.99. The average Bonchev–Trinajstić information content (AvgIpc) is 2.41. The van der Waals surface area contributed by atoms with Crippen LogP contribution in [0, 0.1) is 12.3 Å². The maximum Gasteiger partial charge on any atom is 0.185 e. The highest BCUT2D eigenvalue weighted by Crippen LogP contribution is 2.32. The third-order valence-electron chi connectivity index (χ3n) is 4.70. The van der Waals surface area contributed by atoms with E-state index in [1.165, 1.54) is 16.3 Å². The first kappa shape index (κ1) is 18.4. The predicted octanol–water partition coefficient (Wildman–Crippen LogP) is 4.36. The van der Waals surface area contributed by atoms with Crippen molar-refractivity contribution in [1.82, 2.24) is 0 Å². The number of allylic oxidation sites excluding steroid dienone is 4. The Morgan fingerprint density at radius 3 is 1.96 bits per heavy atom. The Morgan fingerprint density at radius 2 is 1.46 bits per heavy atom. The third kappa shape index (κ3) is 3.45. The van der Waals surface area contributed by atoms with Gasteiger partial charge in [-0.2, -0.15) is 0 Å². The van der Waals surface area contributed by atoms with Crippen molar-refractivity contribution in [2.75, 3.05) is 0 Å². The summed E-state index contributed by atoms with van der Waals surface area (Å²) < 4.78 is 0. The Morgan fingerprint density at radius 1 is 0.875 bits per heavy atom. The minimum absolute atomic E-state index is 0.0399. The van der Waals surface area contributed by atoms with Gasteiger partial charge in [-0.1, -0.05) is 60.3 Å². The predicted molar refractivity (Wildman–Crippen MR) is 104 cm³/mol. The molecule has 1 aromatic rings. The fourth-order valence-electron chi connectivity index (χ4n) is 3.15. The Labute approximate surface area is 146 Å². The van der Waals surface area contributed by atoms with E-state index in [1.54, 1.807) is 0 Å². The summed E-state index contributed by atoms with van der Waals surface area (Å²) in [7, 11) is 0. The summed E-state index contributed by atoms with van der Waals surface area (Å²) in [6, 6.07) is 4.42. The summed E-state index contributed by atoms with van der Waals surface area (Å²) in [5, 5.41) is 2.28. The molecule has 0 N–H and O–H groups in total. The van der Waals surface area contributed by atoms with Gasteiger partial charge in [0.2, 0.25) is 0 Å². The van der Waals surface area contributed by atoms with Gasteiger partial charge in [0, 0.05) is 5.57 Å². The van der Waals surface area contributed by atoms with Gasteiger partial charge < -0.3 is 0 Å². The van der Waals surface area contributed by atoms with Crippen molar-refractivity contribution in [3.8, 4) is 0 Å². The number of carbonyl (C=O) groups is 1. The van der Waals surface area contributed by atoms with Gasteiger partial charge in [-0.25, -0.2) is 0 Å². The highest BCUT2D eigenvalue weighted by molar-refractivity contribution is 6.13. The van der Waals surface area contributed by atoms with E-state index in [1.807, 2.05) is 13.0 Å². The lowest BCUT2D eigenvalue weighted by Gasteiger charge is -2.25. The molecule has 24 heavy (non-hydrogen) atoms. The van der Waals surface area contributed by atoms with Crippen LogP contribution in [0.15, 0.2) is 35.4 Å². The molecule has 0 unspecified atom stereocenters. The molecule has 2 rings (SSSR count). The summed E-state index contributed by atoms with van der Waals surface area (Å²) in [5.41, 5.74) is 5.14. The zero-order chi connectivity index (χ0) is 18.4.